The molecule has 0 aliphatic carbocycles. The molecule has 2 fully saturated rings. The number of likely N-dealkylation sites (N-methyl/N-ethyl adjacent to an activating group) is 1. The van der Waals surface area contributed by atoms with E-state index in [1.165, 1.54) is 0 Å². The number of fused-ring (bicyclic) bond motifs is 2. The normalized spacial score (nSPS) is 31.4. The van der Waals surface area contributed by atoms with Gasteiger partial charge in [0, 0.05) is 18.0 Å². The van der Waals surface area contributed by atoms with Crippen LogP contribution in [0.15, 0.2) is 4.52 Å². The van der Waals surface area contributed by atoms with Crippen LogP contribution >= 0.6 is 0 Å². The largest absolute Gasteiger partial charge is 0.378 e. The number of rotatable bonds is 2. The molecule has 2 saturated heterocycles. The van der Waals surface area contributed by atoms with Gasteiger partial charge in [-0.15, -0.1) is 0 Å². The van der Waals surface area contributed by atoms with Crippen molar-refractivity contribution in [3.63, 3.8) is 0 Å². The summed E-state index contributed by atoms with van der Waals surface area (Å²) in [4.78, 5) is 15.0. The lowest BCUT2D eigenvalue weighted by molar-refractivity contribution is -0.0702. The van der Waals surface area contributed by atoms with Gasteiger partial charge in [-0.25, -0.2) is 0 Å². The summed E-state index contributed by atoms with van der Waals surface area (Å²) < 4.78 is 10.7. The summed E-state index contributed by atoms with van der Waals surface area (Å²) in [5.74, 6) is 0.913. The monoisotopic (exact) mass is 264 g/mol. The number of carbonyl (C=O) groups is 1. The second-order valence-corrected chi connectivity index (χ2v) is 5.74. The van der Waals surface area contributed by atoms with Crippen molar-refractivity contribution in [3.8, 4) is 0 Å². The second-order valence-electron chi connectivity index (χ2n) is 5.74. The van der Waals surface area contributed by atoms with Crippen molar-refractivity contribution in [3.05, 3.63) is 17.0 Å². The number of morpholine rings is 1. The summed E-state index contributed by atoms with van der Waals surface area (Å²) >= 11 is 0. The van der Waals surface area contributed by atoms with Gasteiger partial charge in [-0.05, 0) is 33.7 Å². The molecule has 5 heteroatoms. The second kappa shape index (κ2) is 4.72. The predicted octanol–water partition coefficient (Wildman–Crippen LogP) is 1.58. The van der Waals surface area contributed by atoms with Crippen molar-refractivity contribution in [1.29, 1.82) is 0 Å². The zero-order chi connectivity index (χ0) is 13.6. The van der Waals surface area contributed by atoms with E-state index in [1.807, 2.05) is 13.8 Å². The van der Waals surface area contributed by atoms with E-state index in [9.17, 15) is 4.79 Å². The number of piperidine rings is 1. The highest BCUT2D eigenvalue weighted by molar-refractivity contribution is 5.99. The van der Waals surface area contributed by atoms with Crippen LogP contribution in [0.5, 0.6) is 0 Å². The van der Waals surface area contributed by atoms with Gasteiger partial charge in [-0.2, -0.15) is 0 Å². The number of aromatic nitrogens is 1. The minimum atomic E-state index is 0.0758. The predicted molar refractivity (Wildman–Crippen MR) is 69.2 cm³/mol. The van der Waals surface area contributed by atoms with Crippen LogP contribution < -0.4 is 0 Å². The van der Waals surface area contributed by atoms with Crippen molar-refractivity contribution < 1.29 is 14.1 Å². The molecule has 0 amide bonds. The average molecular weight is 264 g/mol. The first-order valence-electron chi connectivity index (χ1n) is 6.84. The highest BCUT2D eigenvalue weighted by atomic mass is 16.5. The van der Waals surface area contributed by atoms with Crippen LogP contribution in [0.4, 0.5) is 0 Å². The van der Waals surface area contributed by atoms with Crippen LogP contribution in [0.1, 0.15) is 34.7 Å². The summed E-state index contributed by atoms with van der Waals surface area (Å²) in [7, 11) is 2.13. The first-order valence-corrected chi connectivity index (χ1v) is 6.84. The molecule has 0 radical (unpaired) electrons. The van der Waals surface area contributed by atoms with E-state index in [0.29, 0.717) is 29.1 Å². The Labute approximate surface area is 112 Å². The first-order chi connectivity index (χ1) is 9.08. The summed E-state index contributed by atoms with van der Waals surface area (Å²) in [6.45, 7) is 5.12. The van der Waals surface area contributed by atoms with Crippen LogP contribution in [0.3, 0.4) is 0 Å². The third-order valence-electron chi connectivity index (χ3n) is 4.54. The molecule has 2 aliphatic rings. The van der Waals surface area contributed by atoms with E-state index >= 15 is 0 Å². The van der Waals surface area contributed by atoms with Gasteiger partial charge in [0.05, 0.1) is 24.5 Å². The molecule has 3 heterocycles. The molecule has 5 nitrogen and oxygen atoms in total. The van der Waals surface area contributed by atoms with E-state index in [-0.39, 0.29) is 11.7 Å². The van der Waals surface area contributed by atoms with Crippen molar-refractivity contribution in [2.24, 2.45) is 5.92 Å². The molecule has 2 aliphatic heterocycles. The van der Waals surface area contributed by atoms with Gasteiger partial charge in [0.15, 0.2) is 5.78 Å². The number of Topliss-reactive ketones (excluding diaryl/α,β-unsaturated/α-hetero) is 1. The molecule has 3 rings (SSSR count). The van der Waals surface area contributed by atoms with Crippen molar-refractivity contribution >= 4 is 5.78 Å². The summed E-state index contributed by atoms with van der Waals surface area (Å²) in [6.07, 6.45) is 1.74. The highest BCUT2D eigenvalue weighted by Gasteiger charge is 2.40. The Balaban J connectivity index is 1.82. The molecule has 0 N–H and O–H groups in total. The Morgan fingerprint density at radius 2 is 1.89 bits per heavy atom. The molecular formula is C14H20N2O3. The zero-order valence-electron chi connectivity index (χ0n) is 11.7. The Kier molecular flexibility index (Phi) is 3.19. The molecule has 0 spiro atoms. The van der Waals surface area contributed by atoms with Crippen molar-refractivity contribution in [2.75, 3.05) is 20.3 Å². The van der Waals surface area contributed by atoms with Gasteiger partial charge >= 0.3 is 0 Å². The number of hydrogen-bond donors (Lipinski definition) is 0. The Morgan fingerprint density at radius 3 is 2.42 bits per heavy atom. The fraction of sp³-hybridized carbons (Fsp3) is 0.714. The van der Waals surface area contributed by atoms with Crippen LogP contribution in [-0.2, 0) is 4.74 Å². The van der Waals surface area contributed by atoms with E-state index in [4.69, 9.17) is 9.26 Å². The summed E-state index contributed by atoms with van der Waals surface area (Å²) in [5, 5.41) is 3.89. The fourth-order valence-electron chi connectivity index (χ4n) is 3.35. The average Bonchev–Trinajstić information content (AvgIpc) is 2.68. The number of aryl methyl sites for hydroxylation is 2. The molecule has 2 bridgehead atoms. The quantitative estimate of drug-likeness (QED) is 0.759. The number of hydrogen-bond acceptors (Lipinski definition) is 5. The lowest BCUT2D eigenvalue weighted by Gasteiger charge is -2.46. The first kappa shape index (κ1) is 12.8. The van der Waals surface area contributed by atoms with E-state index < -0.39 is 0 Å². The van der Waals surface area contributed by atoms with Crippen LogP contribution in [0.25, 0.3) is 0 Å². The van der Waals surface area contributed by atoms with Gasteiger partial charge in [-0.3, -0.25) is 9.69 Å². The summed E-state index contributed by atoms with van der Waals surface area (Å²) in [5.41, 5.74) is 1.40. The Bertz CT molecular complexity index is 463. The summed E-state index contributed by atoms with van der Waals surface area (Å²) in [6, 6.07) is 0.726. The molecule has 1 aromatic rings. The van der Waals surface area contributed by atoms with Crippen molar-refractivity contribution in [1.82, 2.24) is 10.1 Å². The van der Waals surface area contributed by atoms with Gasteiger partial charge in [0.25, 0.3) is 0 Å². The van der Waals surface area contributed by atoms with Gasteiger partial charge in [0.2, 0.25) is 0 Å². The minimum Gasteiger partial charge on any atom is -0.378 e. The Morgan fingerprint density at radius 1 is 1.26 bits per heavy atom. The van der Waals surface area contributed by atoms with Gasteiger partial charge in [0.1, 0.15) is 5.76 Å². The van der Waals surface area contributed by atoms with E-state index in [0.717, 1.165) is 26.1 Å². The smallest absolute Gasteiger partial charge is 0.171 e. The molecule has 104 valence electrons. The fourth-order valence-corrected chi connectivity index (χ4v) is 3.35. The standard InChI is InChI=1S/C14H20N2O3/c1-8-13(9(2)19-15-8)14(17)10-4-11-6-18-7-12(5-10)16(11)3/h10-12H,4-7H2,1-3H3. The van der Waals surface area contributed by atoms with Gasteiger partial charge in [-0.1, -0.05) is 5.16 Å². The van der Waals surface area contributed by atoms with Crippen LogP contribution in [0.2, 0.25) is 0 Å². The molecule has 19 heavy (non-hydrogen) atoms. The molecule has 1 aromatic heterocycles. The lowest BCUT2D eigenvalue weighted by Crippen LogP contribution is -2.55. The maximum Gasteiger partial charge on any atom is 0.171 e. The SMILES string of the molecule is Cc1noc(C)c1C(=O)C1CC2COCC(C1)N2C. The minimum absolute atomic E-state index is 0.0758. The molecule has 0 saturated carbocycles. The Hall–Kier alpha value is -1.20. The third kappa shape index (κ3) is 2.11. The third-order valence-corrected chi connectivity index (χ3v) is 4.54. The number of ether oxygens (including phenoxy) is 1. The molecule has 0 aromatic carbocycles. The molecule has 2 unspecified atom stereocenters. The number of ketones is 1. The van der Waals surface area contributed by atoms with Crippen LogP contribution in [0, 0.1) is 19.8 Å². The topological polar surface area (TPSA) is 55.6 Å². The highest BCUT2D eigenvalue weighted by Crippen LogP contribution is 2.33. The molecule has 2 atom stereocenters. The maximum absolute atomic E-state index is 12.7. The van der Waals surface area contributed by atoms with Crippen LogP contribution in [-0.4, -0.2) is 48.2 Å². The van der Waals surface area contributed by atoms with E-state index in [1.54, 1.807) is 0 Å². The van der Waals surface area contributed by atoms with Gasteiger partial charge < -0.3 is 9.26 Å². The maximum atomic E-state index is 12.7. The van der Waals surface area contributed by atoms with E-state index in [2.05, 4.69) is 17.1 Å². The number of carbonyl (C=O) groups excluding carboxylic acids is 1. The zero-order valence-corrected chi connectivity index (χ0v) is 11.7. The van der Waals surface area contributed by atoms with Crippen molar-refractivity contribution in [2.45, 2.75) is 38.8 Å². The number of nitrogens with zero attached hydrogens (tertiary/aromatic N) is 2. The molecular weight excluding hydrogens is 244 g/mol. The lowest BCUT2D eigenvalue weighted by atomic mass is 9.80.